The molecule has 4 rings (SSSR count). The van der Waals surface area contributed by atoms with E-state index in [0.717, 1.165) is 16.8 Å². The van der Waals surface area contributed by atoms with Crippen LogP contribution in [0.4, 0.5) is 11.4 Å². The smallest absolute Gasteiger partial charge is 0.295 e. The number of aromatic hydroxyl groups is 1. The minimum atomic E-state index is -4.50. The van der Waals surface area contributed by atoms with Crippen LogP contribution in [0.3, 0.4) is 0 Å². The zero-order valence-corrected chi connectivity index (χ0v) is 14.8. The first-order valence-electron chi connectivity index (χ1n) is 8.07. The normalized spacial score (nSPS) is 12.2. The van der Waals surface area contributed by atoms with E-state index in [0.29, 0.717) is 5.69 Å². The van der Waals surface area contributed by atoms with E-state index in [4.69, 9.17) is 0 Å². The number of hydrogen-bond donors (Lipinski definition) is 2. The molecule has 0 aliphatic rings. The molecule has 4 aromatic carbocycles. The monoisotopic (exact) mass is 378 g/mol. The molecule has 0 bridgehead atoms. The van der Waals surface area contributed by atoms with Crippen LogP contribution in [0.25, 0.3) is 21.5 Å². The molecule has 7 heteroatoms. The number of benzene rings is 4. The molecule has 0 spiro atoms. The zero-order valence-electron chi connectivity index (χ0n) is 13.9. The molecule has 27 heavy (non-hydrogen) atoms. The molecule has 6 nitrogen and oxygen atoms in total. The molecule has 4 aromatic rings. The van der Waals surface area contributed by atoms with Gasteiger partial charge in [-0.05, 0) is 17.5 Å². The zero-order chi connectivity index (χ0) is 19.0. The van der Waals surface area contributed by atoms with E-state index in [-0.39, 0.29) is 27.1 Å². The predicted octanol–water partition coefficient (Wildman–Crippen LogP) is 5.36. The second-order valence-electron chi connectivity index (χ2n) is 5.96. The predicted molar refractivity (Wildman–Crippen MR) is 104 cm³/mol. The van der Waals surface area contributed by atoms with E-state index in [2.05, 4.69) is 10.2 Å². The Morgan fingerprint density at radius 2 is 1.30 bits per heavy atom. The summed E-state index contributed by atoms with van der Waals surface area (Å²) in [6, 6.07) is 20.6. The number of rotatable bonds is 3. The number of nitrogens with zero attached hydrogens (tertiary/aromatic N) is 2. The molecule has 0 radical (unpaired) electrons. The van der Waals surface area contributed by atoms with Crippen LogP contribution < -0.4 is 0 Å². The van der Waals surface area contributed by atoms with E-state index >= 15 is 0 Å². The maximum atomic E-state index is 11.8. The van der Waals surface area contributed by atoms with Gasteiger partial charge in [0.2, 0.25) is 0 Å². The first kappa shape index (κ1) is 17.1. The largest absolute Gasteiger partial charge is 0.505 e. The van der Waals surface area contributed by atoms with Crippen LogP contribution in [0.1, 0.15) is 0 Å². The van der Waals surface area contributed by atoms with E-state index < -0.39 is 10.1 Å². The van der Waals surface area contributed by atoms with Crippen molar-refractivity contribution in [3.63, 3.8) is 0 Å². The Kier molecular flexibility index (Phi) is 4.10. The molecule has 0 aromatic heterocycles. The van der Waals surface area contributed by atoms with Crippen molar-refractivity contribution in [2.24, 2.45) is 10.2 Å². The Balaban J connectivity index is 1.92. The Morgan fingerprint density at radius 3 is 2.04 bits per heavy atom. The van der Waals surface area contributed by atoms with Crippen LogP contribution in [-0.4, -0.2) is 18.1 Å². The average molecular weight is 378 g/mol. The summed E-state index contributed by atoms with van der Waals surface area (Å²) in [6.07, 6.45) is 0. The highest BCUT2D eigenvalue weighted by Crippen LogP contribution is 2.40. The van der Waals surface area contributed by atoms with Crippen molar-refractivity contribution in [1.82, 2.24) is 0 Å². The van der Waals surface area contributed by atoms with Gasteiger partial charge in [0.05, 0.1) is 5.69 Å². The second kappa shape index (κ2) is 6.46. The minimum absolute atomic E-state index is 0.0470. The maximum absolute atomic E-state index is 11.8. The Morgan fingerprint density at radius 1 is 0.704 bits per heavy atom. The van der Waals surface area contributed by atoms with Gasteiger partial charge in [-0.2, -0.15) is 8.42 Å². The third-order valence-electron chi connectivity index (χ3n) is 4.27. The van der Waals surface area contributed by atoms with E-state index in [1.165, 1.54) is 6.07 Å². The van der Waals surface area contributed by atoms with Gasteiger partial charge in [-0.15, -0.1) is 10.2 Å². The quantitative estimate of drug-likeness (QED) is 0.370. The highest BCUT2D eigenvalue weighted by Gasteiger charge is 2.19. The molecule has 0 saturated carbocycles. The summed E-state index contributed by atoms with van der Waals surface area (Å²) in [7, 11) is -4.50. The van der Waals surface area contributed by atoms with Gasteiger partial charge in [-0.1, -0.05) is 60.7 Å². The van der Waals surface area contributed by atoms with Gasteiger partial charge < -0.3 is 5.11 Å². The van der Waals surface area contributed by atoms with Crippen molar-refractivity contribution < 1.29 is 18.1 Å². The van der Waals surface area contributed by atoms with Crippen molar-refractivity contribution >= 4 is 43.0 Å². The van der Waals surface area contributed by atoms with Gasteiger partial charge in [0, 0.05) is 16.2 Å². The fraction of sp³-hybridized carbons (Fsp3) is 0. The highest BCUT2D eigenvalue weighted by atomic mass is 32.2. The van der Waals surface area contributed by atoms with Gasteiger partial charge in [-0.3, -0.25) is 4.55 Å². The third-order valence-corrected chi connectivity index (χ3v) is 5.16. The maximum Gasteiger partial charge on any atom is 0.295 e. The summed E-state index contributed by atoms with van der Waals surface area (Å²) in [6.45, 7) is 0. The Labute approximate surface area is 155 Å². The second-order valence-corrected chi connectivity index (χ2v) is 7.35. The van der Waals surface area contributed by atoms with Crippen molar-refractivity contribution in [1.29, 1.82) is 0 Å². The summed E-state index contributed by atoms with van der Waals surface area (Å²) in [5.74, 6) is -0.206. The van der Waals surface area contributed by atoms with Crippen molar-refractivity contribution in [2.45, 2.75) is 4.90 Å². The Bertz CT molecular complexity index is 1310. The fourth-order valence-corrected chi connectivity index (χ4v) is 3.72. The average Bonchev–Trinajstić information content (AvgIpc) is 2.66. The van der Waals surface area contributed by atoms with Crippen LogP contribution >= 0.6 is 0 Å². The summed E-state index contributed by atoms with van der Waals surface area (Å²) < 4.78 is 33.1. The molecule has 0 saturated heterocycles. The van der Waals surface area contributed by atoms with Crippen LogP contribution in [0.15, 0.2) is 87.9 Å². The number of azo groups is 1. The Hall–Kier alpha value is -3.29. The van der Waals surface area contributed by atoms with Gasteiger partial charge in [0.1, 0.15) is 10.6 Å². The van der Waals surface area contributed by atoms with Crippen molar-refractivity contribution in [3.8, 4) is 5.75 Å². The highest BCUT2D eigenvalue weighted by molar-refractivity contribution is 7.86. The van der Waals surface area contributed by atoms with E-state index in [9.17, 15) is 18.1 Å². The molecule has 0 unspecified atom stereocenters. The van der Waals surface area contributed by atoms with Crippen molar-refractivity contribution in [3.05, 3.63) is 72.8 Å². The minimum Gasteiger partial charge on any atom is -0.505 e. The van der Waals surface area contributed by atoms with E-state index in [1.54, 1.807) is 24.3 Å². The van der Waals surface area contributed by atoms with Gasteiger partial charge in [0.15, 0.2) is 5.75 Å². The number of fused-ring (bicyclic) bond motifs is 2. The van der Waals surface area contributed by atoms with Crippen LogP contribution in [-0.2, 0) is 10.1 Å². The topological polar surface area (TPSA) is 99.3 Å². The molecular weight excluding hydrogens is 364 g/mol. The molecule has 134 valence electrons. The summed E-state index contributed by atoms with van der Waals surface area (Å²) >= 11 is 0. The third kappa shape index (κ3) is 3.14. The molecule has 0 aliphatic carbocycles. The molecule has 0 amide bonds. The molecule has 0 atom stereocenters. The first-order valence-corrected chi connectivity index (χ1v) is 9.51. The molecule has 2 N–H and O–H groups in total. The summed E-state index contributed by atoms with van der Waals surface area (Å²) in [4.78, 5) is -0.331. The lowest BCUT2D eigenvalue weighted by Crippen LogP contribution is -1.99. The van der Waals surface area contributed by atoms with Gasteiger partial charge >= 0.3 is 0 Å². The van der Waals surface area contributed by atoms with Gasteiger partial charge in [-0.25, -0.2) is 0 Å². The summed E-state index contributed by atoms with van der Waals surface area (Å²) in [5, 5.41) is 21.1. The standard InChI is InChI=1S/C20H14N2O4S/c23-20-16-10-4-3-9-15(16)19(27(24,25)26)12-18(20)22-21-17-11-5-7-13-6-1-2-8-14(13)17/h1-12,23H,(H,24,25,26)/b22-21+. The molecule has 0 heterocycles. The fourth-order valence-electron chi connectivity index (χ4n) is 3.01. The summed E-state index contributed by atoms with van der Waals surface area (Å²) in [5.41, 5.74) is 0.531. The van der Waals surface area contributed by atoms with Crippen LogP contribution in [0.2, 0.25) is 0 Å². The lowest BCUT2D eigenvalue weighted by Gasteiger charge is -2.08. The molecule has 0 fully saturated rings. The lowest BCUT2D eigenvalue weighted by atomic mass is 10.1. The number of phenolic OH excluding ortho intramolecular Hbond substituents is 1. The number of phenols is 1. The van der Waals surface area contributed by atoms with Crippen LogP contribution in [0.5, 0.6) is 5.75 Å². The first-order chi connectivity index (χ1) is 12.9. The van der Waals surface area contributed by atoms with Crippen molar-refractivity contribution in [2.75, 3.05) is 0 Å². The molecular formula is C20H14N2O4S. The van der Waals surface area contributed by atoms with Gasteiger partial charge in [0.25, 0.3) is 10.1 Å². The number of hydrogen-bond acceptors (Lipinski definition) is 5. The molecule has 0 aliphatic heterocycles. The lowest BCUT2D eigenvalue weighted by molar-refractivity contribution is 0.480. The van der Waals surface area contributed by atoms with Crippen LogP contribution in [0, 0.1) is 0 Å². The van der Waals surface area contributed by atoms with E-state index in [1.807, 2.05) is 36.4 Å². The SMILES string of the molecule is O=S(=O)(O)c1cc(/N=N/c2cccc3ccccc23)c(O)c2ccccc12.